The smallest absolute Gasteiger partial charge is 0.416 e. The summed E-state index contributed by atoms with van der Waals surface area (Å²) in [6, 6.07) is 8.72. The van der Waals surface area contributed by atoms with E-state index in [2.05, 4.69) is 21.2 Å². The summed E-state index contributed by atoms with van der Waals surface area (Å²) in [6.07, 6.45) is -4.54. The molecule has 0 spiro atoms. The molecule has 0 aliphatic heterocycles. The highest BCUT2D eigenvalue weighted by Gasteiger charge is 2.31. The van der Waals surface area contributed by atoms with E-state index in [1.54, 1.807) is 12.1 Å². The summed E-state index contributed by atoms with van der Waals surface area (Å²) in [5, 5.41) is 11.9. The molecule has 2 aromatic carbocycles. The van der Waals surface area contributed by atoms with E-state index in [1.165, 1.54) is 12.1 Å². The number of amides is 1. The number of aromatic hydroxyl groups is 1. The van der Waals surface area contributed by atoms with E-state index in [1.807, 2.05) is 0 Å². The number of alkyl halides is 3. The molecule has 2 aromatic rings. The Labute approximate surface area is 126 Å². The fourth-order valence-corrected chi connectivity index (χ4v) is 2.07. The molecule has 2 N–H and O–H groups in total. The van der Waals surface area contributed by atoms with Crippen molar-refractivity contribution < 1.29 is 23.1 Å². The Hall–Kier alpha value is -2.02. The Morgan fingerprint density at radius 1 is 1.14 bits per heavy atom. The molecule has 0 fully saturated rings. The van der Waals surface area contributed by atoms with Gasteiger partial charge in [-0.05, 0) is 46.3 Å². The van der Waals surface area contributed by atoms with Gasteiger partial charge in [-0.3, -0.25) is 4.79 Å². The van der Waals surface area contributed by atoms with Gasteiger partial charge in [0.1, 0.15) is 5.75 Å². The van der Waals surface area contributed by atoms with E-state index < -0.39 is 17.6 Å². The van der Waals surface area contributed by atoms with Crippen molar-refractivity contribution in [3.8, 4) is 5.75 Å². The maximum Gasteiger partial charge on any atom is 0.416 e. The first kappa shape index (κ1) is 15.4. The summed E-state index contributed by atoms with van der Waals surface area (Å²) in [5.41, 5.74) is -0.979. The number of hydrogen-bond donors (Lipinski definition) is 2. The van der Waals surface area contributed by atoms with Crippen LogP contribution >= 0.6 is 15.9 Å². The third kappa shape index (κ3) is 3.55. The van der Waals surface area contributed by atoms with Crippen molar-refractivity contribution in [2.45, 2.75) is 6.18 Å². The van der Waals surface area contributed by atoms with Crippen molar-refractivity contribution >= 4 is 27.5 Å². The molecule has 0 saturated heterocycles. The first-order valence-electron chi connectivity index (χ1n) is 5.75. The van der Waals surface area contributed by atoms with Crippen LogP contribution in [0, 0.1) is 0 Å². The third-order valence-corrected chi connectivity index (χ3v) is 3.38. The molecular weight excluding hydrogens is 351 g/mol. The molecule has 1 amide bonds. The SMILES string of the molecule is O=C(Nc1ccccc1O)c1cc(C(F)(F)F)ccc1Br. The zero-order valence-electron chi connectivity index (χ0n) is 10.4. The molecule has 3 nitrogen and oxygen atoms in total. The number of carbonyl (C=O) groups excluding carboxylic acids is 1. The first-order chi connectivity index (χ1) is 9.79. The minimum Gasteiger partial charge on any atom is -0.506 e. The molecule has 0 bridgehead atoms. The molecule has 0 heterocycles. The maximum atomic E-state index is 12.7. The van der Waals surface area contributed by atoms with E-state index in [0.717, 1.165) is 18.2 Å². The Balaban J connectivity index is 2.33. The lowest BCUT2D eigenvalue weighted by Crippen LogP contribution is -2.14. The van der Waals surface area contributed by atoms with Crippen molar-refractivity contribution in [3.05, 3.63) is 58.1 Å². The standard InChI is InChI=1S/C14H9BrF3NO2/c15-10-6-5-8(14(16,17)18)7-9(10)13(21)19-11-3-1-2-4-12(11)20/h1-7,20H,(H,19,21). The number of hydrogen-bond acceptors (Lipinski definition) is 2. The minimum absolute atomic E-state index is 0.117. The van der Waals surface area contributed by atoms with Crippen molar-refractivity contribution in [3.63, 3.8) is 0 Å². The van der Waals surface area contributed by atoms with Crippen LogP contribution in [0.4, 0.5) is 18.9 Å². The normalized spacial score (nSPS) is 11.2. The average Bonchev–Trinajstić information content (AvgIpc) is 2.40. The second-order valence-electron chi connectivity index (χ2n) is 4.16. The molecule has 0 atom stereocenters. The van der Waals surface area contributed by atoms with Gasteiger partial charge in [0.25, 0.3) is 5.91 Å². The Bertz CT molecular complexity index is 686. The number of phenolic OH excluding ortho intramolecular Hbond substituents is 1. The fraction of sp³-hybridized carbons (Fsp3) is 0.0714. The third-order valence-electron chi connectivity index (χ3n) is 2.69. The fourth-order valence-electron chi connectivity index (χ4n) is 1.64. The summed E-state index contributed by atoms with van der Waals surface area (Å²) in [7, 11) is 0. The van der Waals surface area contributed by atoms with Crippen molar-refractivity contribution in [2.24, 2.45) is 0 Å². The van der Waals surface area contributed by atoms with Crippen molar-refractivity contribution in [1.82, 2.24) is 0 Å². The second-order valence-corrected chi connectivity index (χ2v) is 5.02. The van der Waals surface area contributed by atoms with Gasteiger partial charge in [-0.15, -0.1) is 0 Å². The van der Waals surface area contributed by atoms with Crippen LogP contribution in [0.5, 0.6) is 5.75 Å². The van der Waals surface area contributed by atoms with Crippen LogP contribution in [0.25, 0.3) is 0 Å². The highest BCUT2D eigenvalue weighted by Crippen LogP contribution is 2.32. The summed E-state index contributed by atoms with van der Waals surface area (Å²) >= 11 is 3.04. The van der Waals surface area contributed by atoms with Gasteiger partial charge < -0.3 is 10.4 Å². The first-order valence-corrected chi connectivity index (χ1v) is 6.54. The number of phenols is 1. The van der Waals surface area contributed by atoms with Crippen LogP contribution in [-0.4, -0.2) is 11.0 Å². The van der Waals surface area contributed by atoms with E-state index >= 15 is 0 Å². The zero-order chi connectivity index (χ0) is 15.6. The lowest BCUT2D eigenvalue weighted by atomic mass is 10.1. The number of anilines is 1. The number of benzene rings is 2. The molecule has 2 rings (SSSR count). The summed E-state index contributed by atoms with van der Waals surface area (Å²) in [5.74, 6) is -0.927. The molecule has 0 aliphatic carbocycles. The van der Waals surface area contributed by atoms with Crippen molar-refractivity contribution in [1.29, 1.82) is 0 Å². The highest BCUT2D eigenvalue weighted by atomic mass is 79.9. The van der Waals surface area contributed by atoms with E-state index in [9.17, 15) is 23.1 Å². The summed E-state index contributed by atoms with van der Waals surface area (Å²) in [4.78, 5) is 12.0. The predicted molar refractivity (Wildman–Crippen MR) is 75.2 cm³/mol. The molecule has 0 saturated carbocycles. The van der Waals surface area contributed by atoms with Crippen molar-refractivity contribution in [2.75, 3.05) is 5.32 Å². The van der Waals surface area contributed by atoms with Gasteiger partial charge >= 0.3 is 6.18 Å². The molecule has 110 valence electrons. The monoisotopic (exact) mass is 359 g/mol. The predicted octanol–water partition coefficient (Wildman–Crippen LogP) is 4.43. The van der Waals surface area contributed by atoms with Gasteiger partial charge in [0.15, 0.2) is 0 Å². The van der Waals surface area contributed by atoms with Crippen LogP contribution in [0.3, 0.4) is 0 Å². The van der Waals surface area contributed by atoms with Gasteiger partial charge in [-0.1, -0.05) is 12.1 Å². The minimum atomic E-state index is -4.54. The number of para-hydroxylation sites is 2. The average molecular weight is 360 g/mol. The van der Waals surface area contributed by atoms with Crippen LogP contribution in [0.15, 0.2) is 46.9 Å². The van der Waals surface area contributed by atoms with Crippen LogP contribution in [0.2, 0.25) is 0 Å². The van der Waals surface area contributed by atoms with Gasteiger partial charge in [0.05, 0.1) is 16.8 Å². The molecule has 0 aliphatic rings. The van der Waals surface area contributed by atoms with Crippen LogP contribution < -0.4 is 5.32 Å². The lowest BCUT2D eigenvalue weighted by molar-refractivity contribution is -0.137. The highest BCUT2D eigenvalue weighted by molar-refractivity contribution is 9.10. The number of rotatable bonds is 2. The molecule has 21 heavy (non-hydrogen) atoms. The molecule has 0 radical (unpaired) electrons. The Kier molecular flexibility index (Phi) is 4.22. The molecule has 0 aromatic heterocycles. The Morgan fingerprint density at radius 2 is 1.81 bits per heavy atom. The quantitative estimate of drug-likeness (QED) is 0.779. The Morgan fingerprint density at radius 3 is 2.43 bits per heavy atom. The van der Waals surface area contributed by atoms with Gasteiger partial charge in [0, 0.05) is 4.47 Å². The van der Waals surface area contributed by atoms with Crippen LogP contribution in [0.1, 0.15) is 15.9 Å². The largest absolute Gasteiger partial charge is 0.506 e. The summed E-state index contributed by atoms with van der Waals surface area (Å²) in [6.45, 7) is 0. The van der Waals surface area contributed by atoms with E-state index in [-0.39, 0.29) is 21.5 Å². The van der Waals surface area contributed by atoms with Crippen LogP contribution in [-0.2, 0) is 6.18 Å². The van der Waals surface area contributed by atoms with E-state index in [0.29, 0.717) is 0 Å². The molecular formula is C14H9BrF3NO2. The lowest BCUT2D eigenvalue weighted by Gasteiger charge is -2.11. The topological polar surface area (TPSA) is 49.3 Å². The maximum absolute atomic E-state index is 12.7. The van der Waals surface area contributed by atoms with Gasteiger partial charge in [-0.25, -0.2) is 0 Å². The zero-order valence-corrected chi connectivity index (χ0v) is 12.0. The second kappa shape index (κ2) is 5.77. The van der Waals surface area contributed by atoms with Gasteiger partial charge in [0.2, 0.25) is 0 Å². The number of nitrogens with one attached hydrogen (secondary N) is 1. The number of carbonyl (C=O) groups is 1. The van der Waals surface area contributed by atoms with E-state index in [4.69, 9.17) is 0 Å². The summed E-state index contributed by atoms with van der Waals surface area (Å²) < 4.78 is 38.2. The number of halogens is 4. The molecule has 7 heteroatoms. The molecule has 0 unspecified atom stereocenters. The van der Waals surface area contributed by atoms with Gasteiger partial charge in [-0.2, -0.15) is 13.2 Å².